The van der Waals surface area contributed by atoms with Crippen LogP contribution in [-0.2, 0) is 10.8 Å². The summed E-state index contributed by atoms with van der Waals surface area (Å²) in [5.74, 6) is 1.76. The Balaban J connectivity index is 0.990. The van der Waals surface area contributed by atoms with E-state index in [0.717, 1.165) is 50.8 Å². The van der Waals surface area contributed by atoms with Gasteiger partial charge in [-0.3, -0.25) is 0 Å². The first-order valence-electron chi connectivity index (χ1n) is 25.9. The predicted octanol–water partition coefficient (Wildman–Crippen LogP) is 18.9. The molecule has 0 N–H and O–H groups in total. The summed E-state index contributed by atoms with van der Waals surface area (Å²) in [6, 6.07) is 102. The molecule has 3 heteroatoms. The van der Waals surface area contributed by atoms with Gasteiger partial charge in [0.1, 0.15) is 11.5 Å². The van der Waals surface area contributed by atoms with Crippen molar-refractivity contribution in [1.82, 2.24) is 0 Å². The van der Waals surface area contributed by atoms with Crippen LogP contribution in [0.3, 0.4) is 0 Å². The molecule has 2 aliphatic heterocycles. The van der Waals surface area contributed by atoms with Crippen molar-refractivity contribution in [2.45, 2.75) is 20.6 Å². The highest BCUT2D eigenvalue weighted by molar-refractivity contribution is 7.99. The molecule has 0 unspecified atom stereocenters. The second kappa shape index (κ2) is 16.2. The quantitative estimate of drug-likeness (QED) is 0.171. The van der Waals surface area contributed by atoms with Gasteiger partial charge in [0.25, 0.3) is 0 Å². The topological polar surface area (TPSA) is 12.5 Å². The normalized spacial score (nSPS) is 14.1. The van der Waals surface area contributed by atoms with Gasteiger partial charge in [0, 0.05) is 37.9 Å². The molecule has 2 spiro atoms. The summed E-state index contributed by atoms with van der Waals surface area (Å²) in [5, 5.41) is 2.52. The van der Waals surface area contributed by atoms with Gasteiger partial charge in [0.2, 0.25) is 0 Å². The minimum Gasteiger partial charge on any atom is -0.457 e. The van der Waals surface area contributed by atoms with E-state index in [4.69, 9.17) is 4.74 Å². The second-order valence-corrected chi connectivity index (χ2v) is 21.3. The molecule has 0 saturated heterocycles. The molecular formula is C72H45NOS. The number of rotatable bonds is 5. The zero-order valence-electron chi connectivity index (χ0n) is 40.7. The number of fused-ring (bicyclic) bond motifs is 20. The third-order valence-electron chi connectivity index (χ3n) is 16.6. The van der Waals surface area contributed by atoms with Crippen molar-refractivity contribution in [3.8, 4) is 56.0 Å². The lowest BCUT2D eigenvalue weighted by Gasteiger charge is -2.40. The van der Waals surface area contributed by atoms with Crippen LogP contribution in [0.2, 0.25) is 0 Å². The maximum atomic E-state index is 6.80. The van der Waals surface area contributed by atoms with E-state index in [1.807, 2.05) is 11.8 Å². The monoisotopic (exact) mass is 971 g/mol. The van der Waals surface area contributed by atoms with Crippen molar-refractivity contribution in [3.05, 3.63) is 317 Å². The Hall–Kier alpha value is -9.15. The lowest BCUT2D eigenvalue weighted by molar-refractivity contribution is 0.436. The molecule has 0 aromatic heterocycles. The summed E-state index contributed by atoms with van der Waals surface area (Å²) >= 11 is 1.89. The summed E-state index contributed by atoms with van der Waals surface area (Å²) in [6.07, 6.45) is 0. The molecule has 0 radical (unpaired) electrons. The molecule has 2 aliphatic carbocycles. The SMILES string of the molecule is c1ccc(-c2ccc(-c3ccccc3N(c3ccc4c(c3)C3(c5ccccc5Oc5ccccc53)c3ccccc3-4)c3ccc4c(c3)C3(c5ccccc5Sc5ccccc53)c3ccc5ccccc5c3-4)cc2)cc1. The number of hydrogen-bond donors (Lipinski definition) is 0. The lowest BCUT2D eigenvalue weighted by atomic mass is 9.66. The number of benzene rings is 12. The summed E-state index contributed by atoms with van der Waals surface area (Å²) < 4.78 is 6.80. The molecule has 16 rings (SSSR count). The van der Waals surface area contributed by atoms with E-state index in [1.54, 1.807) is 0 Å². The highest BCUT2D eigenvalue weighted by Gasteiger charge is 2.53. The van der Waals surface area contributed by atoms with Crippen molar-refractivity contribution in [2.24, 2.45) is 0 Å². The molecule has 12 aromatic rings. The third kappa shape index (κ3) is 5.87. The van der Waals surface area contributed by atoms with Crippen molar-refractivity contribution in [3.63, 3.8) is 0 Å². The van der Waals surface area contributed by atoms with Gasteiger partial charge in [0.15, 0.2) is 0 Å². The van der Waals surface area contributed by atoms with Crippen molar-refractivity contribution < 1.29 is 4.74 Å². The Morgan fingerprint density at radius 2 is 0.800 bits per heavy atom. The fourth-order valence-electron chi connectivity index (χ4n) is 13.6. The van der Waals surface area contributed by atoms with Crippen LogP contribution >= 0.6 is 11.8 Å². The van der Waals surface area contributed by atoms with E-state index >= 15 is 0 Å². The Morgan fingerprint density at radius 1 is 0.307 bits per heavy atom. The van der Waals surface area contributed by atoms with E-state index in [0.29, 0.717) is 0 Å². The van der Waals surface area contributed by atoms with Gasteiger partial charge in [-0.15, -0.1) is 0 Å². The number of para-hydroxylation sites is 3. The smallest absolute Gasteiger partial charge is 0.132 e. The average Bonchev–Trinajstić information content (AvgIpc) is 4.11. The molecular weight excluding hydrogens is 927 g/mol. The molecule has 75 heavy (non-hydrogen) atoms. The first kappa shape index (κ1) is 42.4. The van der Waals surface area contributed by atoms with E-state index in [9.17, 15) is 0 Å². The Bertz CT molecular complexity index is 4230. The van der Waals surface area contributed by atoms with E-state index in [-0.39, 0.29) is 0 Å². The fraction of sp³-hybridized carbons (Fsp3) is 0.0278. The van der Waals surface area contributed by atoms with Crippen molar-refractivity contribution >= 4 is 39.6 Å². The first-order valence-corrected chi connectivity index (χ1v) is 26.7. The summed E-state index contributed by atoms with van der Waals surface area (Å²) in [5.41, 5.74) is 21.8. The van der Waals surface area contributed by atoms with Crippen LogP contribution < -0.4 is 9.64 Å². The average molecular weight is 972 g/mol. The van der Waals surface area contributed by atoms with Gasteiger partial charge in [-0.1, -0.05) is 230 Å². The second-order valence-electron chi connectivity index (χ2n) is 20.2. The van der Waals surface area contributed by atoms with E-state index < -0.39 is 10.8 Å². The number of nitrogens with zero attached hydrogens (tertiary/aromatic N) is 1. The van der Waals surface area contributed by atoms with Crippen molar-refractivity contribution in [2.75, 3.05) is 4.90 Å². The molecule has 12 aromatic carbocycles. The number of anilines is 3. The summed E-state index contributed by atoms with van der Waals surface area (Å²) in [4.78, 5) is 5.12. The molecule has 0 bridgehead atoms. The van der Waals surface area contributed by atoms with E-state index in [1.165, 1.54) is 87.3 Å². The summed E-state index contributed by atoms with van der Waals surface area (Å²) in [6.45, 7) is 0. The van der Waals surface area contributed by atoms with Crippen LogP contribution in [0.25, 0.3) is 55.3 Å². The minimum absolute atomic E-state index is 0.583. The van der Waals surface area contributed by atoms with Crippen molar-refractivity contribution in [1.29, 1.82) is 0 Å². The maximum Gasteiger partial charge on any atom is 0.132 e. The molecule has 0 amide bonds. The largest absolute Gasteiger partial charge is 0.457 e. The maximum absolute atomic E-state index is 6.80. The van der Waals surface area contributed by atoms with Crippen LogP contribution in [0.1, 0.15) is 44.5 Å². The Kier molecular flexibility index (Phi) is 9.14. The van der Waals surface area contributed by atoms with Crippen LogP contribution in [0, 0.1) is 0 Å². The first-order chi connectivity index (χ1) is 37.2. The molecule has 0 atom stereocenters. The predicted molar refractivity (Wildman–Crippen MR) is 308 cm³/mol. The lowest BCUT2D eigenvalue weighted by Crippen LogP contribution is -2.32. The number of hydrogen-bond acceptors (Lipinski definition) is 3. The molecule has 4 aliphatic rings. The zero-order valence-corrected chi connectivity index (χ0v) is 41.6. The standard InChI is InChI=1S/C72H45NOS/c1-2-18-46(19-3-1)47-34-36-49(37-35-47)52-21-7-13-29-65(52)73(50-39-41-55-54-23-6-8-24-57(54)71(63(55)44-50)58-25-9-14-30-66(58)74-67-31-15-10-26-59(67)71)51-40-42-56-64(45-51)72(62-43-38-48-20-4-5-22-53(48)70(56)62)60-27-11-16-32-68(60)75-69-33-17-12-28-61(69)72/h1-45H. The highest BCUT2D eigenvalue weighted by Crippen LogP contribution is 2.65. The minimum atomic E-state index is -0.635. The summed E-state index contributed by atoms with van der Waals surface area (Å²) in [7, 11) is 0. The molecule has 0 saturated carbocycles. The van der Waals surface area contributed by atoms with Gasteiger partial charge in [-0.05, 0) is 138 Å². The Morgan fingerprint density at radius 3 is 1.51 bits per heavy atom. The van der Waals surface area contributed by atoms with Crippen LogP contribution in [-0.4, -0.2) is 0 Å². The Labute approximate surface area is 440 Å². The van der Waals surface area contributed by atoms with Crippen LogP contribution in [0.4, 0.5) is 17.1 Å². The van der Waals surface area contributed by atoms with Gasteiger partial charge in [-0.2, -0.15) is 0 Å². The van der Waals surface area contributed by atoms with Gasteiger partial charge in [0.05, 0.1) is 16.5 Å². The fourth-order valence-corrected chi connectivity index (χ4v) is 14.8. The van der Waals surface area contributed by atoms with Crippen LogP contribution in [0.5, 0.6) is 11.5 Å². The van der Waals surface area contributed by atoms with E-state index in [2.05, 4.69) is 278 Å². The van der Waals surface area contributed by atoms with Gasteiger partial charge < -0.3 is 9.64 Å². The van der Waals surface area contributed by atoms with Gasteiger partial charge in [-0.25, -0.2) is 0 Å². The third-order valence-corrected chi connectivity index (χ3v) is 17.8. The molecule has 2 heterocycles. The molecule has 350 valence electrons. The zero-order chi connectivity index (χ0) is 49.2. The number of ether oxygens (including phenoxy) is 1. The molecule has 0 fully saturated rings. The van der Waals surface area contributed by atoms with Gasteiger partial charge >= 0.3 is 0 Å². The van der Waals surface area contributed by atoms with Crippen LogP contribution in [0.15, 0.2) is 283 Å². The molecule has 2 nitrogen and oxygen atoms in total. The highest BCUT2D eigenvalue weighted by atomic mass is 32.2.